The van der Waals surface area contributed by atoms with Crippen molar-refractivity contribution in [2.24, 2.45) is 0 Å². The van der Waals surface area contributed by atoms with Crippen molar-refractivity contribution >= 4 is 17.7 Å². The zero-order valence-corrected chi connectivity index (χ0v) is 24.0. The first-order chi connectivity index (χ1) is 17.6. The zero-order valence-electron chi connectivity index (χ0n) is 21.2. The average Bonchev–Trinajstić information content (AvgIpc) is 3.29. The van der Waals surface area contributed by atoms with E-state index in [-0.39, 0.29) is 74.1 Å². The second-order valence-corrected chi connectivity index (χ2v) is 9.31. The molecular weight excluding hydrogens is 563 g/mol. The number of aromatic hydroxyl groups is 2. The summed E-state index contributed by atoms with van der Waals surface area (Å²) in [6.45, 7) is 3.64. The minimum absolute atomic E-state index is 0. The Morgan fingerprint density at radius 3 is 2.34 bits per heavy atom. The molecule has 1 radical (unpaired) electrons. The van der Waals surface area contributed by atoms with Crippen LogP contribution in [0, 0.1) is 19.9 Å². The molecule has 1 aliphatic carbocycles. The Morgan fingerprint density at radius 2 is 1.71 bits per heavy atom. The second kappa shape index (κ2) is 12.7. The number of carbonyl (C=O) groups excluding carboxylic acids is 2. The summed E-state index contributed by atoms with van der Waals surface area (Å²) in [4.78, 5) is 37.2. The van der Waals surface area contributed by atoms with E-state index >= 15 is 0 Å². The number of phenols is 2. The van der Waals surface area contributed by atoms with Crippen LogP contribution in [0.5, 0.6) is 11.5 Å². The van der Waals surface area contributed by atoms with Crippen LogP contribution in [0.25, 0.3) is 0 Å². The molecule has 0 aromatic heterocycles. The van der Waals surface area contributed by atoms with Gasteiger partial charge in [-0.3, -0.25) is 9.59 Å². The van der Waals surface area contributed by atoms with Crippen LogP contribution in [0.1, 0.15) is 72.6 Å². The summed E-state index contributed by atoms with van der Waals surface area (Å²) in [5.41, 5.74) is 1.83. The van der Waals surface area contributed by atoms with Crippen LogP contribution >= 0.6 is 0 Å². The summed E-state index contributed by atoms with van der Waals surface area (Å²) in [5.74, 6) is -3.24. The third kappa shape index (κ3) is 6.67. The van der Waals surface area contributed by atoms with E-state index in [0.717, 1.165) is 24.8 Å². The standard InChI is InChI=1S/C29H28NO7.Y/c1-16-6-9-19(10-7-16)28(34)30-22-4-3-5-25(22)37-15-18-13-23(31)26(24(32)14-18)27(33)20-11-8-17(2)12-21(20)29(35)36;/h6,8-14,22,25,31-32H,3-5,15H2,1-2H3,(H,30,34)(H,35,36);/q-1;/t22-,25-;/m1./s1. The van der Waals surface area contributed by atoms with Crippen molar-refractivity contribution in [3.05, 3.63) is 93.5 Å². The van der Waals surface area contributed by atoms with Gasteiger partial charge in [0.2, 0.25) is 5.78 Å². The van der Waals surface area contributed by atoms with Crippen LogP contribution in [0.3, 0.4) is 0 Å². The van der Waals surface area contributed by atoms with E-state index in [1.165, 1.54) is 24.3 Å². The van der Waals surface area contributed by atoms with E-state index in [1.807, 2.05) is 13.0 Å². The molecular formula is C29H28NO7Y-. The molecule has 4 rings (SSSR count). The SMILES string of the molecule is Cc1[c-]cc(C(=O)N[C@@H]2CCC[C@H]2OCc2cc(O)c(C(=O)c3ccc(C)cc3C(=O)O)c(O)c2)cc1.[Y]. The van der Waals surface area contributed by atoms with Crippen LogP contribution in [-0.2, 0) is 44.1 Å². The van der Waals surface area contributed by atoms with Crippen LogP contribution in [-0.4, -0.2) is 45.1 Å². The van der Waals surface area contributed by atoms with Gasteiger partial charge >= 0.3 is 5.97 Å². The molecule has 3 aromatic carbocycles. The largest absolute Gasteiger partial charge is 0.507 e. The molecule has 0 bridgehead atoms. The Bertz CT molecular complexity index is 1330. The molecule has 8 nitrogen and oxygen atoms in total. The summed E-state index contributed by atoms with van der Waals surface area (Å²) in [6.07, 6.45) is 2.13. The van der Waals surface area contributed by atoms with E-state index in [9.17, 15) is 29.7 Å². The number of aromatic carboxylic acids is 1. The number of nitrogens with one attached hydrogen (secondary N) is 1. The van der Waals surface area contributed by atoms with E-state index in [1.54, 1.807) is 25.1 Å². The average molecular weight is 591 g/mol. The van der Waals surface area contributed by atoms with Gasteiger partial charge in [-0.25, -0.2) is 4.79 Å². The number of phenolic OH excluding ortho intramolecular Hbond substituents is 2. The number of benzene rings is 3. The van der Waals surface area contributed by atoms with Gasteiger partial charge in [-0.15, -0.1) is 0 Å². The predicted molar refractivity (Wildman–Crippen MR) is 135 cm³/mol. The summed E-state index contributed by atoms with van der Waals surface area (Å²) in [5, 5.41) is 33.6. The number of aryl methyl sites for hydroxylation is 2. The molecule has 0 aliphatic heterocycles. The Morgan fingerprint density at radius 1 is 1.00 bits per heavy atom. The number of rotatable bonds is 8. The molecule has 195 valence electrons. The Kier molecular flexibility index (Phi) is 9.82. The van der Waals surface area contributed by atoms with Gasteiger partial charge < -0.3 is 25.4 Å². The summed E-state index contributed by atoms with van der Waals surface area (Å²) in [7, 11) is 0. The monoisotopic (exact) mass is 591 g/mol. The van der Waals surface area contributed by atoms with Crippen molar-refractivity contribution in [2.45, 2.75) is 51.9 Å². The van der Waals surface area contributed by atoms with Gasteiger partial charge in [0.25, 0.3) is 0 Å². The zero-order chi connectivity index (χ0) is 26.7. The number of hydrogen-bond acceptors (Lipinski definition) is 6. The number of ketones is 1. The van der Waals surface area contributed by atoms with Gasteiger partial charge in [0.15, 0.2) is 5.91 Å². The smallest absolute Gasteiger partial charge is 0.336 e. The van der Waals surface area contributed by atoms with Gasteiger partial charge in [-0.1, -0.05) is 24.1 Å². The summed E-state index contributed by atoms with van der Waals surface area (Å²) in [6, 6.07) is 15.0. The van der Waals surface area contributed by atoms with Gasteiger partial charge in [-0.2, -0.15) is 29.8 Å². The molecule has 0 heterocycles. The fraction of sp³-hybridized carbons (Fsp3) is 0.276. The first kappa shape index (κ1) is 29.5. The molecule has 1 amide bonds. The van der Waals surface area contributed by atoms with Gasteiger partial charge in [0.1, 0.15) is 17.1 Å². The van der Waals surface area contributed by atoms with Crippen molar-refractivity contribution in [1.82, 2.24) is 5.32 Å². The number of carboxylic acids is 1. The van der Waals surface area contributed by atoms with Crippen molar-refractivity contribution in [2.75, 3.05) is 0 Å². The van der Waals surface area contributed by atoms with E-state index < -0.39 is 23.3 Å². The molecule has 2 atom stereocenters. The maximum atomic E-state index is 13.0. The third-order valence-corrected chi connectivity index (χ3v) is 6.50. The predicted octanol–water partition coefficient (Wildman–Crippen LogP) is 4.31. The molecule has 0 unspecified atom stereocenters. The van der Waals surface area contributed by atoms with Gasteiger partial charge in [0.05, 0.1) is 24.3 Å². The topological polar surface area (TPSA) is 133 Å². The van der Waals surface area contributed by atoms with Gasteiger partial charge in [0, 0.05) is 38.3 Å². The molecule has 3 aromatic rings. The molecule has 9 heteroatoms. The number of hydrogen-bond donors (Lipinski definition) is 4. The first-order valence-corrected chi connectivity index (χ1v) is 12.0. The maximum Gasteiger partial charge on any atom is 0.336 e. The van der Waals surface area contributed by atoms with Crippen molar-refractivity contribution in [1.29, 1.82) is 0 Å². The number of carboxylic acid groups (broad SMARTS) is 1. The molecule has 1 saturated carbocycles. The third-order valence-electron chi connectivity index (χ3n) is 6.50. The minimum atomic E-state index is -1.28. The Hall–Kier alpha value is -3.07. The number of carbonyl (C=O) groups is 3. The number of ether oxygens (including phenoxy) is 1. The van der Waals surface area contributed by atoms with E-state index in [4.69, 9.17) is 4.74 Å². The van der Waals surface area contributed by atoms with Crippen LogP contribution in [0.15, 0.2) is 48.5 Å². The second-order valence-electron chi connectivity index (χ2n) is 9.31. The van der Waals surface area contributed by atoms with Crippen molar-refractivity contribution in [3.8, 4) is 11.5 Å². The van der Waals surface area contributed by atoms with E-state index in [0.29, 0.717) is 16.7 Å². The molecule has 1 fully saturated rings. The summed E-state index contributed by atoms with van der Waals surface area (Å²) < 4.78 is 6.01. The van der Waals surface area contributed by atoms with Crippen molar-refractivity contribution in [3.63, 3.8) is 0 Å². The molecule has 0 spiro atoms. The Labute approximate surface area is 245 Å². The van der Waals surface area contributed by atoms with Gasteiger partial charge in [-0.05, 0) is 56.0 Å². The number of amides is 1. The quantitative estimate of drug-likeness (QED) is 0.227. The minimum Gasteiger partial charge on any atom is -0.507 e. The normalized spacial score (nSPS) is 16.5. The fourth-order valence-electron chi connectivity index (χ4n) is 4.54. The maximum absolute atomic E-state index is 13.0. The molecule has 4 N–H and O–H groups in total. The molecule has 38 heavy (non-hydrogen) atoms. The fourth-order valence-corrected chi connectivity index (χ4v) is 4.54. The summed E-state index contributed by atoms with van der Waals surface area (Å²) >= 11 is 0. The van der Waals surface area contributed by atoms with Crippen LogP contribution in [0.4, 0.5) is 0 Å². The van der Waals surface area contributed by atoms with E-state index in [2.05, 4.69) is 11.4 Å². The Balaban J connectivity index is 0.00000400. The molecule has 1 aliphatic rings. The molecule has 0 saturated heterocycles. The van der Waals surface area contributed by atoms with Crippen LogP contribution in [0.2, 0.25) is 0 Å². The van der Waals surface area contributed by atoms with Crippen molar-refractivity contribution < 1.29 is 67.1 Å². The van der Waals surface area contributed by atoms with Crippen LogP contribution < -0.4 is 5.32 Å². The first-order valence-electron chi connectivity index (χ1n) is 12.0.